The van der Waals surface area contributed by atoms with Gasteiger partial charge in [-0.1, -0.05) is 0 Å². The predicted molar refractivity (Wildman–Crippen MR) is 55.9 cm³/mol. The molecule has 0 amide bonds. The van der Waals surface area contributed by atoms with Gasteiger partial charge >= 0.3 is 0 Å². The van der Waals surface area contributed by atoms with Crippen LogP contribution in [-0.4, -0.2) is 26.3 Å². The summed E-state index contributed by atoms with van der Waals surface area (Å²) in [4.78, 5) is 4.04. The molecule has 0 bridgehead atoms. The number of aromatic nitrogens is 1. The molecule has 1 aromatic heterocycles. The Balaban J connectivity index is 1.96. The maximum absolute atomic E-state index is 10.8. The number of hydrogen-bond acceptors (Lipinski definition) is 4. The molecule has 0 radical (unpaired) electrons. The second-order valence-electron chi connectivity index (χ2n) is 3.91. The van der Waals surface area contributed by atoms with Crippen LogP contribution in [0.1, 0.15) is 11.1 Å². The molecule has 1 aromatic rings. The summed E-state index contributed by atoms with van der Waals surface area (Å²) in [6.45, 7) is 0.271. The zero-order valence-corrected chi connectivity index (χ0v) is 9.33. The first-order valence-corrected chi connectivity index (χ1v) is 6.62. The van der Waals surface area contributed by atoms with Crippen molar-refractivity contribution in [2.75, 3.05) is 12.9 Å². The van der Waals surface area contributed by atoms with Gasteiger partial charge in [0.05, 0.1) is 12.9 Å². The fraction of sp³-hybridized carbons (Fsp3) is 0.500. The molecule has 1 aliphatic rings. The third-order valence-electron chi connectivity index (χ3n) is 2.54. The Morgan fingerprint density at radius 1 is 1.47 bits per heavy atom. The summed E-state index contributed by atoms with van der Waals surface area (Å²) in [5, 5.41) is 0. The highest BCUT2D eigenvalue weighted by molar-refractivity contribution is 7.85. The van der Waals surface area contributed by atoms with Gasteiger partial charge in [0.25, 0.3) is 10.1 Å². The average Bonchev–Trinajstić information content (AvgIpc) is 2.56. The molecule has 82 valence electrons. The van der Waals surface area contributed by atoms with Gasteiger partial charge in [0.2, 0.25) is 0 Å². The highest BCUT2D eigenvalue weighted by Crippen LogP contribution is 2.25. The molecular weight excluding hydrogens is 214 g/mol. The van der Waals surface area contributed by atoms with E-state index in [9.17, 15) is 8.42 Å². The summed E-state index contributed by atoms with van der Waals surface area (Å²) < 4.78 is 26.4. The molecule has 0 N–H and O–H groups in total. The van der Waals surface area contributed by atoms with E-state index in [4.69, 9.17) is 4.18 Å². The smallest absolute Gasteiger partial charge is 0.264 e. The Morgan fingerprint density at radius 2 is 2.20 bits per heavy atom. The molecule has 15 heavy (non-hydrogen) atoms. The lowest BCUT2D eigenvalue weighted by atomic mass is 10.1. The molecule has 5 heteroatoms. The first kappa shape index (κ1) is 10.6. The van der Waals surface area contributed by atoms with Crippen LogP contribution in [0.3, 0.4) is 0 Å². The van der Waals surface area contributed by atoms with E-state index in [2.05, 4.69) is 4.98 Å². The minimum Gasteiger partial charge on any atom is -0.270 e. The summed E-state index contributed by atoms with van der Waals surface area (Å²) in [7, 11) is -3.31. The second kappa shape index (κ2) is 3.90. The fourth-order valence-electron chi connectivity index (χ4n) is 1.87. The van der Waals surface area contributed by atoms with Crippen LogP contribution in [0.25, 0.3) is 0 Å². The van der Waals surface area contributed by atoms with Gasteiger partial charge in [0.15, 0.2) is 0 Å². The van der Waals surface area contributed by atoms with Crippen LogP contribution in [0.2, 0.25) is 0 Å². The van der Waals surface area contributed by atoms with Crippen LogP contribution in [0.4, 0.5) is 0 Å². The largest absolute Gasteiger partial charge is 0.270 e. The van der Waals surface area contributed by atoms with Crippen molar-refractivity contribution in [3.05, 3.63) is 29.6 Å². The lowest BCUT2D eigenvalue weighted by molar-refractivity contribution is 0.262. The van der Waals surface area contributed by atoms with Crippen molar-refractivity contribution in [3.63, 3.8) is 0 Å². The quantitative estimate of drug-likeness (QED) is 0.716. The van der Waals surface area contributed by atoms with Crippen LogP contribution in [-0.2, 0) is 27.1 Å². The van der Waals surface area contributed by atoms with E-state index in [0.29, 0.717) is 0 Å². The van der Waals surface area contributed by atoms with E-state index in [1.54, 1.807) is 6.20 Å². The zero-order valence-electron chi connectivity index (χ0n) is 8.51. The summed E-state index contributed by atoms with van der Waals surface area (Å²) >= 11 is 0. The van der Waals surface area contributed by atoms with E-state index in [-0.39, 0.29) is 12.5 Å². The van der Waals surface area contributed by atoms with E-state index >= 15 is 0 Å². The lowest BCUT2D eigenvalue weighted by Crippen LogP contribution is -2.13. The maximum atomic E-state index is 10.8. The minimum atomic E-state index is -3.31. The monoisotopic (exact) mass is 227 g/mol. The van der Waals surface area contributed by atoms with Crippen molar-refractivity contribution in [2.24, 2.45) is 5.92 Å². The number of fused-ring (bicyclic) bond motifs is 1. The van der Waals surface area contributed by atoms with Crippen molar-refractivity contribution < 1.29 is 12.6 Å². The summed E-state index contributed by atoms with van der Waals surface area (Å²) in [5.41, 5.74) is 2.46. The number of rotatable bonds is 3. The van der Waals surface area contributed by atoms with Gasteiger partial charge in [0, 0.05) is 12.4 Å². The van der Waals surface area contributed by atoms with Crippen LogP contribution in [0.5, 0.6) is 0 Å². The van der Waals surface area contributed by atoms with Crippen molar-refractivity contribution in [1.82, 2.24) is 4.98 Å². The highest BCUT2D eigenvalue weighted by atomic mass is 32.2. The highest BCUT2D eigenvalue weighted by Gasteiger charge is 2.22. The van der Waals surface area contributed by atoms with Gasteiger partial charge in [-0.3, -0.25) is 9.17 Å². The molecular formula is C10H13NO3S. The lowest BCUT2D eigenvalue weighted by Gasteiger charge is -2.07. The SMILES string of the molecule is CS(=O)(=O)OCC1Cc2ccncc2C1. The molecule has 0 saturated heterocycles. The van der Waals surface area contributed by atoms with E-state index < -0.39 is 10.1 Å². The van der Waals surface area contributed by atoms with Gasteiger partial charge in [0.1, 0.15) is 0 Å². The zero-order chi connectivity index (χ0) is 10.9. The molecule has 2 rings (SSSR count). The van der Waals surface area contributed by atoms with Crippen molar-refractivity contribution in [3.8, 4) is 0 Å². The van der Waals surface area contributed by atoms with Crippen molar-refractivity contribution in [1.29, 1.82) is 0 Å². The number of hydrogen-bond donors (Lipinski definition) is 0. The van der Waals surface area contributed by atoms with Gasteiger partial charge in [-0.15, -0.1) is 0 Å². The topological polar surface area (TPSA) is 56.3 Å². The van der Waals surface area contributed by atoms with Gasteiger partial charge in [-0.25, -0.2) is 0 Å². The Morgan fingerprint density at radius 3 is 2.87 bits per heavy atom. The van der Waals surface area contributed by atoms with Crippen molar-refractivity contribution >= 4 is 10.1 Å². The molecule has 0 saturated carbocycles. The summed E-state index contributed by atoms with van der Waals surface area (Å²) in [6, 6.07) is 1.98. The molecule has 0 fully saturated rings. The average molecular weight is 227 g/mol. The fourth-order valence-corrected chi connectivity index (χ4v) is 2.31. The molecule has 1 aliphatic carbocycles. The molecule has 0 spiro atoms. The standard InChI is InChI=1S/C10H13NO3S/c1-15(12,13)14-7-8-4-9-2-3-11-6-10(9)5-8/h2-3,6,8H,4-5,7H2,1H3. The first-order chi connectivity index (χ1) is 7.04. The Kier molecular flexibility index (Phi) is 2.75. The molecule has 4 nitrogen and oxygen atoms in total. The Labute approximate surface area is 89.4 Å². The molecule has 1 heterocycles. The van der Waals surface area contributed by atoms with Crippen LogP contribution >= 0.6 is 0 Å². The number of pyridine rings is 1. The van der Waals surface area contributed by atoms with Crippen molar-refractivity contribution in [2.45, 2.75) is 12.8 Å². The Bertz CT molecular complexity index is 430. The van der Waals surface area contributed by atoms with Gasteiger partial charge in [-0.2, -0.15) is 8.42 Å². The van der Waals surface area contributed by atoms with Gasteiger partial charge < -0.3 is 0 Å². The third-order valence-corrected chi connectivity index (χ3v) is 3.10. The van der Waals surface area contributed by atoms with Gasteiger partial charge in [-0.05, 0) is 36.0 Å². The number of nitrogens with zero attached hydrogens (tertiary/aromatic N) is 1. The minimum absolute atomic E-state index is 0.263. The predicted octanol–water partition coefficient (Wildman–Crippen LogP) is 0.773. The Hall–Kier alpha value is -0.940. The van der Waals surface area contributed by atoms with Crippen LogP contribution in [0.15, 0.2) is 18.5 Å². The maximum Gasteiger partial charge on any atom is 0.264 e. The van der Waals surface area contributed by atoms with Crippen LogP contribution in [0, 0.1) is 5.92 Å². The molecule has 0 aliphatic heterocycles. The van der Waals surface area contributed by atoms with Crippen LogP contribution < -0.4 is 0 Å². The van der Waals surface area contributed by atoms with E-state index in [0.717, 1.165) is 19.1 Å². The van der Waals surface area contributed by atoms with E-state index in [1.165, 1.54) is 11.1 Å². The molecule has 1 unspecified atom stereocenters. The van der Waals surface area contributed by atoms with E-state index in [1.807, 2.05) is 12.3 Å². The summed E-state index contributed by atoms with van der Waals surface area (Å²) in [5.74, 6) is 0.263. The molecule has 0 aromatic carbocycles. The summed E-state index contributed by atoms with van der Waals surface area (Å²) in [6.07, 6.45) is 6.43. The first-order valence-electron chi connectivity index (χ1n) is 4.81. The third kappa shape index (κ3) is 2.76. The normalized spacial score (nSPS) is 20.2. The molecule has 1 atom stereocenters. The second-order valence-corrected chi connectivity index (χ2v) is 5.55.